The summed E-state index contributed by atoms with van der Waals surface area (Å²) in [5, 5.41) is 14.7. The highest BCUT2D eigenvalue weighted by atomic mass is 32.2. The van der Waals surface area contributed by atoms with Crippen molar-refractivity contribution in [1.29, 1.82) is 0 Å². The van der Waals surface area contributed by atoms with Gasteiger partial charge in [0.25, 0.3) is 5.69 Å². The lowest BCUT2D eigenvalue weighted by Gasteiger charge is -2.26. The molecule has 0 radical (unpaired) electrons. The number of nitro groups is 1. The van der Waals surface area contributed by atoms with Crippen LogP contribution >= 0.6 is 0 Å². The van der Waals surface area contributed by atoms with Crippen LogP contribution in [0, 0.1) is 10.1 Å². The van der Waals surface area contributed by atoms with E-state index in [4.69, 9.17) is 4.74 Å². The van der Waals surface area contributed by atoms with Crippen molar-refractivity contribution < 1.29 is 23.0 Å². The van der Waals surface area contributed by atoms with Crippen LogP contribution < -0.4 is 15.0 Å². The van der Waals surface area contributed by atoms with Gasteiger partial charge in [-0.25, -0.2) is 8.42 Å². The van der Waals surface area contributed by atoms with Crippen LogP contribution in [-0.4, -0.2) is 46.3 Å². The Morgan fingerprint density at radius 3 is 2.38 bits per heavy atom. The molecule has 1 aliphatic rings. The lowest BCUT2D eigenvalue weighted by Crippen LogP contribution is -3.11. The van der Waals surface area contributed by atoms with Crippen LogP contribution in [0.25, 0.3) is 0 Å². The molecule has 0 aromatic heterocycles. The van der Waals surface area contributed by atoms with Gasteiger partial charge in [-0.3, -0.25) is 10.1 Å². The van der Waals surface area contributed by atoms with Gasteiger partial charge in [-0.2, -0.15) is 0 Å². The molecule has 0 amide bonds. The van der Waals surface area contributed by atoms with Crippen molar-refractivity contribution >= 4 is 21.2 Å². The molecule has 29 heavy (non-hydrogen) atoms. The Bertz CT molecular complexity index is 970. The van der Waals surface area contributed by atoms with E-state index in [1.807, 2.05) is 24.3 Å². The number of hydrogen-bond donors (Lipinski definition) is 2. The van der Waals surface area contributed by atoms with Crippen LogP contribution in [0.4, 0.5) is 11.4 Å². The molecule has 156 valence electrons. The summed E-state index contributed by atoms with van der Waals surface area (Å²) in [6, 6.07) is 12.0. The van der Waals surface area contributed by atoms with Gasteiger partial charge >= 0.3 is 0 Å². The predicted octanol–water partition coefficient (Wildman–Crippen LogP) is 1.84. The number of sulfone groups is 1. The van der Waals surface area contributed by atoms with E-state index in [9.17, 15) is 18.5 Å². The fourth-order valence-corrected chi connectivity index (χ4v) is 4.41. The van der Waals surface area contributed by atoms with Gasteiger partial charge in [-0.15, -0.1) is 0 Å². The number of nitro benzene ring substituents is 1. The van der Waals surface area contributed by atoms with Crippen LogP contribution in [0.15, 0.2) is 47.4 Å². The zero-order valence-corrected chi connectivity index (χ0v) is 17.4. The third-order valence-corrected chi connectivity index (χ3v) is 6.46. The van der Waals surface area contributed by atoms with Gasteiger partial charge in [0.1, 0.15) is 17.5 Å². The average molecular weight is 421 g/mol. The number of nitrogens with zero attached hydrogens (tertiary/aromatic N) is 1. The van der Waals surface area contributed by atoms with Gasteiger partial charge in [-0.1, -0.05) is 0 Å². The summed E-state index contributed by atoms with van der Waals surface area (Å²) >= 11 is 0. The topological polar surface area (TPSA) is 103 Å². The maximum atomic E-state index is 11.7. The summed E-state index contributed by atoms with van der Waals surface area (Å²) in [5.74, 6) is 0.781. The first-order chi connectivity index (χ1) is 13.8. The molecule has 2 aromatic carbocycles. The maximum Gasteiger partial charge on any atom is 0.293 e. The summed E-state index contributed by atoms with van der Waals surface area (Å²) in [5.41, 5.74) is 1.21. The molecule has 9 heteroatoms. The molecule has 2 N–H and O–H groups in total. The second kappa shape index (κ2) is 8.79. The Kier molecular flexibility index (Phi) is 6.39. The minimum Gasteiger partial charge on any atom is -0.497 e. The third kappa shape index (κ3) is 5.04. The first-order valence-electron chi connectivity index (χ1n) is 9.50. The predicted molar refractivity (Wildman–Crippen MR) is 110 cm³/mol. The molecular weight excluding hydrogens is 394 g/mol. The molecule has 8 nitrogen and oxygen atoms in total. The molecule has 0 spiro atoms. The van der Waals surface area contributed by atoms with Crippen molar-refractivity contribution in [2.75, 3.05) is 38.3 Å². The number of hydrogen-bond acceptors (Lipinski definition) is 6. The van der Waals surface area contributed by atoms with Gasteiger partial charge in [-0.05, 0) is 36.4 Å². The van der Waals surface area contributed by atoms with Gasteiger partial charge in [0.15, 0.2) is 9.84 Å². The van der Waals surface area contributed by atoms with Gasteiger partial charge in [0.2, 0.25) is 0 Å². The van der Waals surface area contributed by atoms with E-state index < -0.39 is 14.8 Å². The Morgan fingerprint density at radius 2 is 1.83 bits per heavy atom. The lowest BCUT2D eigenvalue weighted by atomic mass is 10.0. The Labute approximate surface area is 170 Å². The highest BCUT2D eigenvalue weighted by Crippen LogP contribution is 2.28. The van der Waals surface area contributed by atoms with E-state index in [0.717, 1.165) is 49.6 Å². The van der Waals surface area contributed by atoms with E-state index in [-0.39, 0.29) is 16.6 Å². The summed E-state index contributed by atoms with van der Waals surface area (Å²) in [6.07, 6.45) is 3.35. The number of nitrogens with one attached hydrogen (secondary N) is 2. The molecule has 1 saturated heterocycles. The van der Waals surface area contributed by atoms with Crippen molar-refractivity contribution in [3.05, 3.63) is 58.1 Å². The van der Waals surface area contributed by atoms with Gasteiger partial charge < -0.3 is 15.0 Å². The monoisotopic (exact) mass is 420 g/mol. The Morgan fingerprint density at radius 1 is 1.17 bits per heavy atom. The van der Waals surface area contributed by atoms with Crippen molar-refractivity contribution in [3.63, 3.8) is 0 Å². The third-order valence-electron chi connectivity index (χ3n) is 5.35. The van der Waals surface area contributed by atoms with Crippen molar-refractivity contribution in [1.82, 2.24) is 0 Å². The van der Waals surface area contributed by atoms with Gasteiger partial charge in [0, 0.05) is 30.7 Å². The van der Waals surface area contributed by atoms with Crippen molar-refractivity contribution in [3.8, 4) is 5.75 Å². The van der Waals surface area contributed by atoms with E-state index in [1.54, 1.807) is 7.11 Å². The summed E-state index contributed by atoms with van der Waals surface area (Å²) < 4.78 is 28.7. The van der Waals surface area contributed by atoms with E-state index in [2.05, 4.69) is 5.32 Å². The minimum absolute atomic E-state index is 0.0633. The normalized spacial score (nSPS) is 15.8. The summed E-state index contributed by atoms with van der Waals surface area (Å²) in [6.45, 7) is 2.60. The largest absolute Gasteiger partial charge is 0.497 e. The number of likely N-dealkylation sites (tertiary alicyclic amines) is 1. The molecule has 1 fully saturated rings. The first-order valence-corrected chi connectivity index (χ1v) is 11.4. The Balaban J connectivity index is 1.86. The summed E-state index contributed by atoms with van der Waals surface area (Å²) in [7, 11) is -1.89. The van der Waals surface area contributed by atoms with Crippen LogP contribution in [0.1, 0.15) is 24.4 Å². The smallest absolute Gasteiger partial charge is 0.293 e. The lowest BCUT2D eigenvalue weighted by molar-refractivity contribution is -0.917. The molecule has 1 aliphatic heterocycles. The number of ether oxygens (including phenoxy) is 1. The SMILES string of the molecule is COc1ccc([C@@H](CNc2ccc(S(C)(=O)=O)cc2[N+](=O)[O-])[NH+]2CCCC2)cc1. The molecule has 0 saturated carbocycles. The molecule has 2 aromatic rings. The molecule has 0 aliphatic carbocycles. The highest BCUT2D eigenvalue weighted by molar-refractivity contribution is 7.90. The number of rotatable bonds is 8. The summed E-state index contributed by atoms with van der Waals surface area (Å²) in [4.78, 5) is 12.3. The van der Waals surface area contributed by atoms with E-state index in [1.165, 1.54) is 17.0 Å². The first kappa shape index (κ1) is 21.1. The standard InChI is InChI=1S/C20H25N3O5S/c1-28-16-7-5-15(6-8-16)20(22-11-3-4-12-22)14-21-18-10-9-17(29(2,26)27)13-19(18)23(24)25/h5-10,13,20-21H,3-4,11-12,14H2,1-2H3/p+1/t20-/m1/s1. The van der Waals surface area contributed by atoms with Crippen LogP contribution in [-0.2, 0) is 9.84 Å². The maximum absolute atomic E-state index is 11.7. The fraction of sp³-hybridized carbons (Fsp3) is 0.400. The Hall–Kier alpha value is -2.65. The van der Waals surface area contributed by atoms with Crippen molar-refractivity contribution in [2.24, 2.45) is 0 Å². The van der Waals surface area contributed by atoms with Gasteiger partial charge in [0.05, 0.1) is 36.6 Å². The molecule has 0 bridgehead atoms. The van der Waals surface area contributed by atoms with E-state index in [0.29, 0.717) is 12.2 Å². The number of benzene rings is 2. The zero-order chi connectivity index (χ0) is 21.0. The second-order valence-corrected chi connectivity index (χ2v) is 9.30. The van der Waals surface area contributed by atoms with Crippen LogP contribution in [0.2, 0.25) is 0 Å². The second-order valence-electron chi connectivity index (χ2n) is 7.28. The molecule has 3 rings (SSSR count). The highest BCUT2D eigenvalue weighted by Gasteiger charge is 2.28. The molecule has 1 heterocycles. The van der Waals surface area contributed by atoms with E-state index >= 15 is 0 Å². The number of methoxy groups -OCH3 is 1. The van der Waals surface area contributed by atoms with Crippen LogP contribution in [0.3, 0.4) is 0 Å². The molecular formula is C20H26N3O5S+. The molecule has 1 atom stereocenters. The molecule has 0 unspecified atom stereocenters. The van der Waals surface area contributed by atoms with Crippen LogP contribution in [0.5, 0.6) is 5.75 Å². The van der Waals surface area contributed by atoms with Crippen molar-refractivity contribution in [2.45, 2.75) is 23.8 Å². The average Bonchev–Trinajstić information content (AvgIpc) is 3.22. The quantitative estimate of drug-likeness (QED) is 0.499. The number of anilines is 1. The minimum atomic E-state index is -3.52. The zero-order valence-electron chi connectivity index (χ0n) is 16.6. The fourth-order valence-electron chi connectivity index (χ4n) is 3.77. The number of quaternary nitrogens is 1.